The van der Waals surface area contributed by atoms with Gasteiger partial charge >= 0.3 is 0 Å². The highest BCUT2D eigenvalue weighted by molar-refractivity contribution is 7.14. The SMILES string of the molecule is NC(=O)COc1cccc(/C=N/NC(=O)c2ccc(-c3csc(Nc4ccccc4)n3)cc2)c1. The largest absolute Gasteiger partial charge is 0.484 e. The Morgan fingerprint density at radius 2 is 1.82 bits per heavy atom. The molecule has 0 radical (unpaired) electrons. The molecule has 8 nitrogen and oxygen atoms in total. The lowest BCUT2D eigenvalue weighted by Crippen LogP contribution is -2.20. The van der Waals surface area contributed by atoms with Crippen LogP contribution in [0, 0.1) is 0 Å². The van der Waals surface area contributed by atoms with Gasteiger partial charge in [-0.2, -0.15) is 5.10 Å². The fraction of sp³-hybridized carbons (Fsp3) is 0.0400. The van der Waals surface area contributed by atoms with E-state index < -0.39 is 5.91 Å². The standard InChI is InChI=1S/C25H21N5O3S/c26-23(31)15-33-21-8-4-5-17(13-21)14-27-30-24(32)19-11-9-18(10-12-19)22-16-34-25(29-22)28-20-6-2-1-3-7-20/h1-14,16H,15H2,(H2,26,31)(H,28,29)(H,30,32)/b27-14+. The number of thiazole rings is 1. The van der Waals surface area contributed by atoms with Crippen molar-refractivity contribution in [2.24, 2.45) is 10.8 Å². The van der Waals surface area contributed by atoms with Crippen LogP contribution in [0.3, 0.4) is 0 Å². The summed E-state index contributed by atoms with van der Waals surface area (Å²) in [5.41, 5.74) is 11.4. The van der Waals surface area contributed by atoms with Gasteiger partial charge in [0.25, 0.3) is 11.8 Å². The van der Waals surface area contributed by atoms with Crippen molar-refractivity contribution in [2.45, 2.75) is 0 Å². The Balaban J connectivity index is 1.34. The van der Waals surface area contributed by atoms with Crippen molar-refractivity contribution in [3.8, 4) is 17.0 Å². The van der Waals surface area contributed by atoms with Gasteiger partial charge in [0.05, 0.1) is 11.9 Å². The van der Waals surface area contributed by atoms with E-state index in [1.54, 1.807) is 36.4 Å². The molecule has 2 amide bonds. The molecule has 0 bridgehead atoms. The van der Waals surface area contributed by atoms with Gasteiger partial charge in [0.2, 0.25) is 0 Å². The number of hydrogen-bond donors (Lipinski definition) is 3. The highest BCUT2D eigenvalue weighted by atomic mass is 32.1. The monoisotopic (exact) mass is 471 g/mol. The number of nitrogens with zero attached hydrogens (tertiary/aromatic N) is 2. The summed E-state index contributed by atoms with van der Waals surface area (Å²) in [5.74, 6) is -0.418. The number of aromatic nitrogens is 1. The van der Waals surface area contributed by atoms with Crippen molar-refractivity contribution in [3.05, 3.63) is 95.4 Å². The van der Waals surface area contributed by atoms with Gasteiger partial charge < -0.3 is 15.8 Å². The zero-order valence-corrected chi connectivity index (χ0v) is 18.8. The van der Waals surface area contributed by atoms with Gasteiger partial charge in [-0.3, -0.25) is 9.59 Å². The number of carbonyl (C=O) groups is 2. The topological polar surface area (TPSA) is 119 Å². The maximum Gasteiger partial charge on any atom is 0.271 e. The van der Waals surface area contributed by atoms with Crippen molar-refractivity contribution >= 4 is 40.2 Å². The second-order valence-corrected chi connectivity index (χ2v) is 7.99. The summed E-state index contributed by atoms with van der Waals surface area (Å²) < 4.78 is 5.25. The molecule has 0 aliphatic carbocycles. The average molecular weight is 472 g/mol. The van der Waals surface area contributed by atoms with Gasteiger partial charge in [-0.1, -0.05) is 42.5 Å². The maximum absolute atomic E-state index is 12.4. The molecule has 0 saturated carbocycles. The molecule has 34 heavy (non-hydrogen) atoms. The number of benzene rings is 3. The summed E-state index contributed by atoms with van der Waals surface area (Å²) in [6.45, 7) is -0.209. The lowest BCUT2D eigenvalue weighted by atomic mass is 10.1. The Labute approximate surface area is 200 Å². The zero-order valence-electron chi connectivity index (χ0n) is 18.0. The fourth-order valence-corrected chi connectivity index (χ4v) is 3.71. The second-order valence-electron chi connectivity index (χ2n) is 7.13. The predicted octanol–water partition coefficient (Wildman–Crippen LogP) is 4.18. The summed E-state index contributed by atoms with van der Waals surface area (Å²) in [7, 11) is 0. The van der Waals surface area contributed by atoms with Gasteiger partial charge in [0, 0.05) is 22.2 Å². The number of primary amides is 1. The van der Waals surface area contributed by atoms with Gasteiger partial charge in [-0.05, 0) is 42.0 Å². The summed E-state index contributed by atoms with van der Waals surface area (Å²) in [4.78, 5) is 27.8. The summed E-state index contributed by atoms with van der Waals surface area (Å²) in [5, 5.41) is 10.0. The van der Waals surface area contributed by atoms with E-state index >= 15 is 0 Å². The minimum Gasteiger partial charge on any atom is -0.484 e. The first-order valence-electron chi connectivity index (χ1n) is 10.3. The van der Waals surface area contributed by atoms with Crippen molar-refractivity contribution in [3.63, 3.8) is 0 Å². The number of rotatable bonds is 9. The lowest BCUT2D eigenvalue weighted by molar-refractivity contribution is -0.119. The molecule has 3 aromatic carbocycles. The average Bonchev–Trinajstić information content (AvgIpc) is 3.32. The number of anilines is 2. The van der Waals surface area contributed by atoms with Crippen LogP contribution in [0.2, 0.25) is 0 Å². The van der Waals surface area contributed by atoms with E-state index in [4.69, 9.17) is 10.5 Å². The van der Waals surface area contributed by atoms with Crippen LogP contribution in [0.1, 0.15) is 15.9 Å². The normalized spacial score (nSPS) is 10.7. The number of hydrazone groups is 1. The highest BCUT2D eigenvalue weighted by Crippen LogP contribution is 2.27. The van der Waals surface area contributed by atoms with Crippen molar-refractivity contribution in [2.75, 3.05) is 11.9 Å². The Bertz CT molecular complexity index is 1300. The van der Waals surface area contributed by atoms with Crippen LogP contribution in [0.4, 0.5) is 10.8 Å². The van der Waals surface area contributed by atoms with Crippen molar-refractivity contribution in [1.82, 2.24) is 10.4 Å². The predicted molar refractivity (Wildman–Crippen MR) is 133 cm³/mol. The first kappa shape index (κ1) is 22.7. The Morgan fingerprint density at radius 3 is 2.59 bits per heavy atom. The van der Waals surface area contributed by atoms with Crippen LogP contribution in [0.25, 0.3) is 11.3 Å². The fourth-order valence-electron chi connectivity index (χ4n) is 2.97. The minimum atomic E-state index is -0.559. The van der Waals surface area contributed by atoms with E-state index in [0.29, 0.717) is 16.9 Å². The molecule has 4 aromatic rings. The van der Waals surface area contributed by atoms with Gasteiger partial charge in [-0.15, -0.1) is 11.3 Å². The number of para-hydroxylation sites is 1. The lowest BCUT2D eigenvalue weighted by Gasteiger charge is -2.04. The van der Waals surface area contributed by atoms with Gasteiger partial charge in [0.1, 0.15) is 5.75 Å². The quantitative estimate of drug-likeness (QED) is 0.250. The highest BCUT2D eigenvalue weighted by Gasteiger charge is 2.08. The third kappa shape index (κ3) is 6.27. The second kappa shape index (κ2) is 10.9. The number of amides is 2. The third-order valence-electron chi connectivity index (χ3n) is 4.59. The molecule has 0 atom stereocenters. The molecule has 170 valence electrons. The summed E-state index contributed by atoms with van der Waals surface area (Å²) >= 11 is 1.51. The molecule has 0 fully saturated rings. The molecular weight excluding hydrogens is 450 g/mol. The first-order chi connectivity index (χ1) is 16.6. The molecule has 0 aliphatic heterocycles. The Hall–Kier alpha value is -4.50. The molecule has 0 unspecified atom stereocenters. The van der Waals surface area contributed by atoms with Crippen LogP contribution in [0.15, 0.2) is 89.3 Å². The number of ether oxygens (including phenoxy) is 1. The maximum atomic E-state index is 12.4. The van der Waals surface area contributed by atoms with Crippen LogP contribution >= 0.6 is 11.3 Å². The molecule has 1 aromatic heterocycles. The Kier molecular flexibility index (Phi) is 7.26. The Morgan fingerprint density at radius 1 is 1.03 bits per heavy atom. The van der Waals surface area contributed by atoms with Crippen molar-refractivity contribution < 1.29 is 14.3 Å². The van der Waals surface area contributed by atoms with Gasteiger partial charge in [-0.25, -0.2) is 10.4 Å². The number of nitrogens with one attached hydrogen (secondary N) is 2. The van der Waals surface area contributed by atoms with E-state index in [1.165, 1.54) is 17.6 Å². The zero-order chi connectivity index (χ0) is 23.8. The molecule has 0 aliphatic rings. The minimum absolute atomic E-state index is 0.209. The third-order valence-corrected chi connectivity index (χ3v) is 5.35. The van der Waals surface area contributed by atoms with Crippen LogP contribution < -0.4 is 21.2 Å². The first-order valence-corrected chi connectivity index (χ1v) is 11.2. The van der Waals surface area contributed by atoms with E-state index in [9.17, 15) is 9.59 Å². The van der Waals surface area contributed by atoms with E-state index in [0.717, 1.165) is 22.1 Å². The summed E-state index contributed by atoms with van der Waals surface area (Å²) in [6.07, 6.45) is 1.49. The van der Waals surface area contributed by atoms with E-state index in [-0.39, 0.29) is 12.5 Å². The molecule has 4 rings (SSSR count). The van der Waals surface area contributed by atoms with Crippen molar-refractivity contribution in [1.29, 1.82) is 0 Å². The number of hydrogen-bond acceptors (Lipinski definition) is 7. The number of nitrogens with two attached hydrogens (primary N) is 1. The molecular formula is C25H21N5O3S. The summed E-state index contributed by atoms with van der Waals surface area (Å²) in [6, 6.07) is 23.9. The van der Waals surface area contributed by atoms with Gasteiger partial charge in [0.15, 0.2) is 11.7 Å². The smallest absolute Gasteiger partial charge is 0.271 e. The van der Waals surface area contributed by atoms with E-state index in [1.807, 2.05) is 47.8 Å². The van der Waals surface area contributed by atoms with E-state index in [2.05, 4.69) is 20.8 Å². The molecule has 0 spiro atoms. The van der Waals surface area contributed by atoms with Crippen LogP contribution in [-0.2, 0) is 4.79 Å². The number of carbonyl (C=O) groups excluding carboxylic acids is 2. The molecule has 1 heterocycles. The van der Waals surface area contributed by atoms with Crippen LogP contribution in [0.5, 0.6) is 5.75 Å². The molecule has 4 N–H and O–H groups in total. The molecule has 0 saturated heterocycles. The molecule has 9 heteroatoms. The van der Waals surface area contributed by atoms with Crippen LogP contribution in [-0.4, -0.2) is 29.6 Å².